The third kappa shape index (κ3) is 6.75. The van der Waals surface area contributed by atoms with Gasteiger partial charge in [-0.05, 0) is 19.8 Å². The highest BCUT2D eigenvalue weighted by atomic mass is 16.6. The van der Waals surface area contributed by atoms with Crippen molar-refractivity contribution < 1.29 is 19.1 Å². The van der Waals surface area contributed by atoms with Crippen molar-refractivity contribution in [3.8, 4) is 0 Å². The number of unbranched alkanes of at least 4 members (excludes halogenated alkanes) is 1. The van der Waals surface area contributed by atoms with Crippen molar-refractivity contribution >= 4 is 18.0 Å². The summed E-state index contributed by atoms with van der Waals surface area (Å²) in [7, 11) is 3.15. The molecule has 23 heavy (non-hydrogen) atoms. The van der Waals surface area contributed by atoms with Crippen LogP contribution in [-0.4, -0.2) is 81.3 Å². The number of piperazine rings is 1. The molecule has 0 unspecified atom stereocenters. The first kappa shape index (κ1) is 19.1. The van der Waals surface area contributed by atoms with Gasteiger partial charge in [-0.25, -0.2) is 4.79 Å². The van der Waals surface area contributed by atoms with Gasteiger partial charge in [-0.2, -0.15) is 0 Å². The number of nitrogens with one attached hydrogen (secondary N) is 1. The van der Waals surface area contributed by atoms with Gasteiger partial charge in [0.15, 0.2) is 5.96 Å². The average molecular weight is 328 g/mol. The topological polar surface area (TPSA) is 83.5 Å². The summed E-state index contributed by atoms with van der Waals surface area (Å²) < 4.78 is 9.62. The number of rotatable bonds is 6. The molecule has 8 nitrogen and oxygen atoms in total. The Labute approximate surface area is 137 Å². The van der Waals surface area contributed by atoms with Crippen LogP contribution in [0.2, 0.25) is 0 Å². The highest BCUT2D eigenvalue weighted by molar-refractivity contribution is 5.80. The second-order valence-corrected chi connectivity index (χ2v) is 5.18. The summed E-state index contributed by atoms with van der Waals surface area (Å²) in [6.07, 6.45) is 1.84. The van der Waals surface area contributed by atoms with Gasteiger partial charge in [0.1, 0.15) is 0 Å². The first-order valence-electron chi connectivity index (χ1n) is 8.06. The molecular formula is C15H28N4O4. The maximum absolute atomic E-state index is 11.7. The quantitative estimate of drug-likeness (QED) is 0.334. The third-order valence-electron chi connectivity index (χ3n) is 3.64. The van der Waals surface area contributed by atoms with Gasteiger partial charge in [-0.15, -0.1) is 0 Å². The lowest BCUT2D eigenvalue weighted by atomic mass is 10.2. The van der Waals surface area contributed by atoms with Crippen molar-refractivity contribution in [1.82, 2.24) is 15.1 Å². The van der Waals surface area contributed by atoms with E-state index in [1.807, 2.05) is 0 Å². The Morgan fingerprint density at radius 3 is 2.35 bits per heavy atom. The van der Waals surface area contributed by atoms with Gasteiger partial charge in [0.25, 0.3) is 0 Å². The lowest BCUT2D eigenvalue weighted by molar-refractivity contribution is -0.140. The van der Waals surface area contributed by atoms with Crippen LogP contribution in [0.5, 0.6) is 0 Å². The van der Waals surface area contributed by atoms with Gasteiger partial charge in [0.05, 0.1) is 13.7 Å². The molecule has 1 N–H and O–H groups in total. The molecular weight excluding hydrogens is 300 g/mol. The summed E-state index contributed by atoms with van der Waals surface area (Å²) >= 11 is 0. The summed E-state index contributed by atoms with van der Waals surface area (Å²) in [5, 5.41) is 3.29. The van der Waals surface area contributed by atoms with Crippen LogP contribution in [0, 0.1) is 0 Å². The number of aliphatic imine (C=N–C) groups is 1. The summed E-state index contributed by atoms with van der Waals surface area (Å²) in [5.41, 5.74) is 0. The molecule has 0 saturated carbocycles. The number of amides is 1. The summed E-state index contributed by atoms with van der Waals surface area (Å²) in [6.45, 7) is 5.65. The Bertz CT molecular complexity index is 406. The van der Waals surface area contributed by atoms with Gasteiger partial charge < -0.3 is 24.6 Å². The van der Waals surface area contributed by atoms with Gasteiger partial charge in [0.2, 0.25) is 0 Å². The SMILES string of the molecule is CCOC(=O)N1CCN(C(=NC)NCCCCC(=O)OC)CC1. The zero-order valence-corrected chi connectivity index (χ0v) is 14.3. The molecule has 132 valence electrons. The minimum atomic E-state index is -0.252. The van der Waals surface area contributed by atoms with Crippen LogP contribution in [0.15, 0.2) is 4.99 Å². The fourth-order valence-electron chi connectivity index (χ4n) is 2.34. The Morgan fingerprint density at radius 1 is 1.13 bits per heavy atom. The van der Waals surface area contributed by atoms with Crippen LogP contribution in [0.3, 0.4) is 0 Å². The summed E-state index contributed by atoms with van der Waals surface area (Å²) in [5.74, 6) is 0.649. The van der Waals surface area contributed by atoms with Crippen LogP contribution in [0.1, 0.15) is 26.2 Å². The highest BCUT2D eigenvalue weighted by Gasteiger charge is 2.23. The number of nitrogens with zero attached hydrogens (tertiary/aromatic N) is 3. The molecule has 0 radical (unpaired) electrons. The zero-order chi connectivity index (χ0) is 17.1. The molecule has 1 fully saturated rings. The first-order valence-corrected chi connectivity index (χ1v) is 8.06. The van der Waals surface area contributed by atoms with Gasteiger partial charge >= 0.3 is 12.1 Å². The maximum atomic E-state index is 11.7. The fourth-order valence-corrected chi connectivity index (χ4v) is 2.34. The highest BCUT2D eigenvalue weighted by Crippen LogP contribution is 2.04. The van der Waals surface area contributed by atoms with E-state index in [-0.39, 0.29) is 12.1 Å². The van der Waals surface area contributed by atoms with E-state index in [0.29, 0.717) is 26.1 Å². The number of ether oxygens (including phenoxy) is 2. The second kappa shape index (κ2) is 10.7. The number of carbonyl (C=O) groups excluding carboxylic acids is 2. The van der Waals surface area contributed by atoms with E-state index in [2.05, 4.69) is 19.9 Å². The van der Waals surface area contributed by atoms with Crippen molar-refractivity contribution in [2.75, 3.05) is 53.5 Å². The van der Waals surface area contributed by atoms with Crippen LogP contribution in [-0.2, 0) is 14.3 Å². The minimum absolute atomic E-state index is 0.176. The molecule has 1 heterocycles. The minimum Gasteiger partial charge on any atom is -0.469 e. The Balaban J connectivity index is 2.26. The van der Waals surface area contributed by atoms with E-state index in [4.69, 9.17) is 4.74 Å². The van der Waals surface area contributed by atoms with Crippen molar-refractivity contribution in [2.24, 2.45) is 4.99 Å². The fraction of sp³-hybridized carbons (Fsp3) is 0.800. The number of hydrogen-bond donors (Lipinski definition) is 1. The predicted molar refractivity (Wildman–Crippen MR) is 87.4 cm³/mol. The molecule has 0 aromatic carbocycles. The maximum Gasteiger partial charge on any atom is 0.409 e. The summed E-state index contributed by atoms with van der Waals surface area (Å²) in [6, 6.07) is 0. The molecule has 1 amide bonds. The van der Waals surface area contributed by atoms with Crippen LogP contribution < -0.4 is 5.32 Å². The molecule has 1 saturated heterocycles. The van der Waals surface area contributed by atoms with E-state index >= 15 is 0 Å². The molecule has 1 aliphatic rings. The molecule has 0 aliphatic carbocycles. The third-order valence-corrected chi connectivity index (χ3v) is 3.64. The first-order chi connectivity index (χ1) is 11.1. The zero-order valence-electron chi connectivity index (χ0n) is 14.3. The Hall–Kier alpha value is -1.99. The van der Waals surface area contributed by atoms with Crippen molar-refractivity contribution in [2.45, 2.75) is 26.2 Å². The molecule has 0 atom stereocenters. The van der Waals surface area contributed by atoms with Crippen LogP contribution in [0.4, 0.5) is 4.79 Å². The van der Waals surface area contributed by atoms with Gasteiger partial charge in [-0.3, -0.25) is 9.79 Å². The Morgan fingerprint density at radius 2 is 1.78 bits per heavy atom. The number of guanidine groups is 1. The Kier molecular flexibility index (Phi) is 8.86. The number of carbonyl (C=O) groups is 2. The lowest BCUT2D eigenvalue weighted by Gasteiger charge is -2.35. The molecule has 8 heteroatoms. The van der Waals surface area contributed by atoms with E-state index in [1.165, 1.54) is 7.11 Å². The molecule has 0 bridgehead atoms. The van der Waals surface area contributed by atoms with Crippen molar-refractivity contribution in [3.63, 3.8) is 0 Å². The second-order valence-electron chi connectivity index (χ2n) is 5.18. The smallest absolute Gasteiger partial charge is 0.409 e. The van der Waals surface area contributed by atoms with Crippen LogP contribution in [0.25, 0.3) is 0 Å². The van der Waals surface area contributed by atoms with Gasteiger partial charge in [0, 0.05) is 46.2 Å². The number of methoxy groups -OCH3 is 1. The van der Waals surface area contributed by atoms with Crippen LogP contribution >= 0.6 is 0 Å². The summed E-state index contributed by atoms with van der Waals surface area (Å²) in [4.78, 5) is 30.8. The van der Waals surface area contributed by atoms with E-state index in [1.54, 1.807) is 18.9 Å². The van der Waals surface area contributed by atoms with Crippen molar-refractivity contribution in [3.05, 3.63) is 0 Å². The largest absolute Gasteiger partial charge is 0.469 e. The number of esters is 1. The normalized spacial score (nSPS) is 15.3. The van der Waals surface area contributed by atoms with E-state index in [9.17, 15) is 9.59 Å². The monoisotopic (exact) mass is 328 g/mol. The molecule has 0 aromatic heterocycles. The van der Waals surface area contributed by atoms with Gasteiger partial charge in [-0.1, -0.05) is 0 Å². The van der Waals surface area contributed by atoms with Crippen molar-refractivity contribution in [1.29, 1.82) is 0 Å². The lowest BCUT2D eigenvalue weighted by Crippen LogP contribution is -2.54. The molecule has 1 rings (SSSR count). The number of hydrogen-bond acceptors (Lipinski definition) is 5. The standard InChI is InChI=1S/C15H28N4O4/c1-4-23-15(21)19-11-9-18(10-12-19)14(16-2)17-8-6-5-7-13(20)22-3/h4-12H2,1-3H3,(H,16,17). The molecule has 0 spiro atoms. The molecule has 1 aliphatic heterocycles. The average Bonchev–Trinajstić information content (AvgIpc) is 2.58. The van der Waals surface area contributed by atoms with E-state index in [0.717, 1.165) is 38.4 Å². The van der Waals surface area contributed by atoms with E-state index < -0.39 is 0 Å². The molecule has 0 aromatic rings. The predicted octanol–water partition coefficient (Wildman–Crippen LogP) is 0.679.